The van der Waals surface area contributed by atoms with E-state index >= 15 is 0 Å². The van der Waals surface area contributed by atoms with Gasteiger partial charge in [0.25, 0.3) is 0 Å². The van der Waals surface area contributed by atoms with Crippen molar-refractivity contribution in [2.24, 2.45) is 0 Å². The molecule has 94 valence electrons. The van der Waals surface area contributed by atoms with Gasteiger partial charge in [0.2, 0.25) is 0 Å². The van der Waals surface area contributed by atoms with Crippen LogP contribution in [-0.4, -0.2) is 0 Å². The van der Waals surface area contributed by atoms with Crippen LogP contribution in [0.15, 0.2) is 30.3 Å². The number of anilines is 3. The molecule has 3 N–H and O–H groups in total. The average Bonchev–Trinajstić information content (AvgIpc) is 2.30. The fraction of sp³-hybridized carbons (Fsp3) is 0. The van der Waals surface area contributed by atoms with Crippen LogP contribution in [-0.2, 0) is 0 Å². The van der Waals surface area contributed by atoms with Crippen LogP contribution in [0.4, 0.5) is 25.8 Å². The van der Waals surface area contributed by atoms with Gasteiger partial charge >= 0.3 is 0 Å². The van der Waals surface area contributed by atoms with Crippen molar-refractivity contribution in [3.05, 3.63) is 52.0 Å². The maximum atomic E-state index is 13.5. The molecule has 0 fully saturated rings. The standard InChI is InChI=1S/C12H8Cl2F2N2/c13-6-1-2-8(15)11(3-6)18-12-4-7(14)9(16)5-10(12)17/h1-5,18H,17H2. The van der Waals surface area contributed by atoms with Crippen LogP contribution < -0.4 is 11.1 Å². The Kier molecular flexibility index (Phi) is 3.59. The van der Waals surface area contributed by atoms with Crippen LogP contribution in [0.5, 0.6) is 0 Å². The van der Waals surface area contributed by atoms with Crippen LogP contribution >= 0.6 is 23.2 Å². The predicted octanol–water partition coefficient (Wildman–Crippen LogP) is 4.60. The third kappa shape index (κ3) is 2.66. The van der Waals surface area contributed by atoms with E-state index in [0.29, 0.717) is 10.7 Å². The average molecular weight is 289 g/mol. The molecule has 18 heavy (non-hydrogen) atoms. The first-order valence-corrected chi connectivity index (χ1v) is 5.69. The lowest BCUT2D eigenvalue weighted by Gasteiger charge is -2.11. The van der Waals surface area contributed by atoms with E-state index in [1.165, 1.54) is 24.3 Å². The minimum absolute atomic E-state index is 0.103. The molecule has 0 aliphatic heterocycles. The van der Waals surface area contributed by atoms with Crippen molar-refractivity contribution in [3.8, 4) is 0 Å². The number of nitrogen functional groups attached to an aromatic ring is 1. The highest BCUT2D eigenvalue weighted by Gasteiger charge is 2.09. The van der Waals surface area contributed by atoms with E-state index in [0.717, 1.165) is 6.07 Å². The Balaban J connectivity index is 2.40. The Hall–Kier alpha value is -1.52. The summed E-state index contributed by atoms with van der Waals surface area (Å²) < 4.78 is 26.6. The molecule has 0 aliphatic rings. The molecule has 2 rings (SSSR count). The monoisotopic (exact) mass is 288 g/mol. The molecule has 0 unspecified atom stereocenters. The van der Waals surface area contributed by atoms with E-state index in [2.05, 4.69) is 5.32 Å². The maximum absolute atomic E-state index is 13.5. The van der Waals surface area contributed by atoms with Gasteiger partial charge in [-0.1, -0.05) is 23.2 Å². The molecule has 0 amide bonds. The van der Waals surface area contributed by atoms with Gasteiger partial charge in [-0.05, 0) is 24.3 Å². The maximum Gasteiger partial charge on any atom is 0.146 e. The second-order valence-electron chi connectivity index (χ2n) is 3.60. The van der Waals surface area contributed by atoms with Crippen molar-refractivity contribution in [1.82, 2.24) is 0 Å². The summed E-state index contributed by atoms with van der Waals surface area (Å²) in [6, 6.07) is 6.38. The smallest absolute Gasteiger partial charge is 0.146 e. The first-order chi connectivity index (χ1) is 8.47. The summed E-state index contributed by atoms with van der Waals surface area (Å²) in [5.74, 6) is -1.13. The summed E-state index contributed by atoms with van der Waals surface area (Å²) in [5.41, 5.74) is 6.18. The lowest BCUT2D eigenvalue weighted by atomic mass is 10.2. The van der Waals surface area contributed by atoms with Crippen molar-refractivity contribution >= 4 is 40.3 Å². The number of hydrogen-bond donors (Lipinski definition) is 2. The molecule has 2 aromatic carbocycles. The van der Waals surface area contributed by atoms with Crippen molar-refractivity contribution < 1.29 is 8.78 Å². The molecule has 0 saturated heterocycles. The van der Waals surface area contributed by atoms with Gasteiger partial charge in [0.05, 0.1) is 22.1 Å². The summed E-state index contributed by atoms with van der Waals surface area (Å²) >= 11 is 11.4. The molecule has 0 aromatic heterocycles. The van der Waals surface area contributed by atoms with Gasteiger partial charge in [0, 0.05) is 11.1 Å². The zero-order valence-electron chi connectivity index (χ0n) is 8.98. The van der Waals surface area contributed by atoms with E-state index in [4.69, 9.17) is 28.9 Å². The third-order valence-corrected chi connectivity index (χ3v) is 2.81. The van der Waals surface area contributed by atoms with Gasteiger partial charge in [0.1, 0.15) is 11.6 Å². The molecule has 0 radical (unpaired) electrons. The van der Waals surface area contributed by atoms with Crippen LogP contribution in [0.2, 0.25) is 10.0 Å². The first-order valence-electron chi connectivity index (χ1n) is 4.94. The molecular weight excluding hydrogens is 281 g/mol. The van der Waals surface area contributed by atoms with Gasteiger partial charge in [-0.2, -0.15) is 0 Å². The summed E-state index contributed by atoms with van der Waals surface area (Å²) in [7, 11) is 0. The Bertz CT molecular complexity index is 603. The normalized spacial score (nSPS) is 10.4. The van der Waals surface area contributed by atoms with Gasteiger partial charge in [0.15, 0.2) is 0 Å². The Morgan fingerprint density at radius 1 is 0.944 bits per heavy atom. The largest absolute Gasteiger partial charge is 0.397 e. The minimum atomic E-state index is -0.633. The van der Waals surface area contributed by atoms with E-state index in [1.807, 2.05) is 0 Å². The van der Waals surface area contributed by atoms with Gasteiger partial charge in [-0.15, -0.1) is 0 Å². The number of halogens is 4. The zero-order chi connectivity index (χ0) is 13.3. The van der Waals surface area contributed by atoms with E-state index in [9.17, 15) is 8.78 Å². The van der Waals surface area contributed by atoms with E-state index < -0.39 is 11.6 Å². The lowest BCUT2D eigenvalue weighted by Crippen LogP contribution is -1.99. The predicted molar refractivity (Wildman–Crippen MR) is 70.5 cm³/mol. The molecule has 0 aliphatic carbocycles. The van der Waals surface area contributed by atoms with Crippen molar-refractivity contribution in [3.63, 3.8) is 0 Å². The number of hydrogen-bond acceptors (Lipinski definition) is 2. The third-order valence-electron chi connectivity index (χ3n) is 2.29. The van der Waals surface area contributed by atoms with Crippen LogP contribution in [0.1, 0.15) is 0 Å². The summed E-state index contributed by atoms with van der Waals surface area (Å²) in [5, 5.41) is 2.98. The SMILES string of the molecule is Nc1cc(F)c(Cl)cc1Nc1cc(Cl)ccc1F. The van der Waals surface area contributed by atoms with Gasteiger partial charge in [-0.3, -0.25) is 0 Å². The van der Waals surface area contributed by atoms with Crippen molar-refractivity contribution in [2.45, 2.75) is 0 Å². The van der Waals surface area contributed by atoms with Gasteiger partial charge < -0.3 is 11.1 Å². The zero-order valence-corrected chi connectivity index (χ0v) is 10.5. The van der Waals surface area contributed by atoms with Crippen LogP contribution in [0.3, 0.4) is 0 Å². The number of nitrogens with two attached hydrogens (primary N) is 1. The molecule has 6 heteroatoms. The first kappa shape index (κ1) is 12.9. The number of rotatable bonds is 2. The molecule has 0 spiro atoms. The minimum Gasteiger partial charge on any atom is -0.397 e. The molecule has 0 atom stereocenters. The molecule has 0 saturated carbocycles. The quantitative estimate of drug-likeness (QED) is 0.793. The lowest BCUT2D eigenvalue weighted by molar-refractivity contribution is 0.629. The van der Waals surface area contributed by atoms with Crippen molar-refractivity contribution in [1.29, 1.82) is 0 Å². The summed E-state index contributed by atoms with van der Waals surface area (Å²) in [4.78, 5) is 0. The highest BCUT2D eigenvalue weighted by molar-refractivity contribution is 6.31. The number of benzene rings is 2. The molecular formula is C12H8Cl2F2N2. The highest BCUT2D eigenvalue weighted by atomic mass is 35.5. The van der Waals surface area contributed by atoms with E-state index in [-0.39, 0.29) is 16.4 Å². The molecule has 0 bridgehead atoms. The second kappa shape index (κ2) is 5.00. The second-order valence-corrected chi connectivity index (χ2v) is 4.45. The number of nitrogens with one attached hydrogen (secondary N) is 1. The summed E-state index contributed by atoms with van der Waals surface area (Å²) in [6.45, 7) is 0. The fourth-order valence-electron chi connectivity index (χ4n) is 1.41. The highest BCUT2D eigenvalue weighted by Crippen LogP contribution is 2.30. The molecule has 0 heterocycles. The fourth-order valence-corrected chi connectivity index (χ4v) is 1.74. The Morgan fingerprint density at radius 3 is 2.39 bits per heavy atom. The van der Waals surface area contributed by atoms with Crippen molar-refractivity contribution in [2.75, 3.05) is 11.1 Å². The van der Waals surface area contributed by atoms with Crippen LogP contribution in [0, 0.1) is 11.6 Å². The Labute approximate surface area is 112 Å². The van der Waals surface area contributed by atoms with E-state index in [1.54, 1.807) is 0 Å². The topological polar surface area (TPSA) is 38.0 Å². The van der Waals surface area contributed by atoms with Gasteiger partial charge in [-0.25, -0.2) is 8.78 Å². The Morgan fingerprint density at radius 2 is 1.67 bits per heavy atom. The summed E-state index contributed by atoms with van der Waals surface area (Å²) in [6.07, 6.45) is 0. The molecule has 2 nitrogen and oxygen atoms in total. The molecule has 2 aromatic rings. The van der Waals surface area contributed by atoms with Crippen LogP contribution in [0.25, 0.3) is 0 Å².